The van der Waals surface area contributed by atoms with Gasteiger partial charge in [0.25, 0.3) is 0 Å². The zero-order valence-corrected chi connectivity index (χ0v) is 10.8. The molecule has 0 aliphatic rings. The minimum atomic E-state index is -0.597. The first-order valence-corrected chi connectivity index (χ1v) is 6.01. The van der Waals surface area contributed by atoms with E-state index >= 15 is 0 Å². The summed E-state index contributed by atoms with van der Waals surface area (Å²) in [6, 6.07) is 3.00. The van der Waals surface area contributed by atoms with Crippen molar-refractivity contribution in [1.82, 2.24) is 4.90 Å². The van der Waals surface area contributed by atoms with Crippen molar-refractivity contribution in [2.75, 3.05) is 33.4 Å². The van der Waals surface area contributed by atoms with Crippen LogP contribution in [0.5, 0.6) is 0 Å². The molecule has 1 aromatic carbocycles. The number of ether oxygens (including phenoxy) is 1. The van der Waals surface area contributed by atoms with Crippen LogP contribution in [0.15, 0.2) is 18.2 Å². The maximum atomic E-state index is 13.5. The molecule has 1 atom stereocenters. The number of nitrogens with two attached hydrogens (primary N) is 1. The van der Waals surface area contributed by atoms with Gasteiger partial charge >= 0.3 is 0 Å². The van der Waals surface area contributed by atoms with Gasteiger partial charge in [-0.05, 0) is 20.0 Å². The van der Waals surface area contributed by atoms with E-state index in [1.54, 1.807) is 0 Å². The SMILES string of the molecule is CCOCCN(C)CC(N)c1ccc(F)cc1F. The molecule has 0 aliphatic carbocycles. The van der Waals surface area contributed by atoms with Crippen LogP contribution in [0, 0.1) is 11.6 Å². The van der Waals surface area contributed by atoms with Crippen LogP contribution in [0.2, 0.25) is 0 Å². The summed E-state index contributed by atoms with van der Waals surface area (Å²) in [6.07, 6.45) is 0. The van der Waals surface area contributed by atoms with Gasteiger partial charge in [-0.25, -0.2) is 8.78 Å². The standard InChI is InChI=1S/C13H20F2N2O/c1-3-18-7-6-17(2)9-13(16)11-5-4-10(14)8-12(11)15/h4-5,8,13H,3,6-7,9,16H2,1-2H3. The maximum Gasteiger partial charge on any atom is 0.130 e. The summed E-state index contributed by atoms with van der Waals surface area (Å²) in [4.78, 5) is 1.96. The van der Waals surface area contributed by atoms with E-state index in [9.17, 15) is 8.78 Å². The number of hydrogen-bond donors (Lipinski definition) is 1. The van der Waals surface area contributed by atoms with Crippen molar-refractivity contribution in [3.05, 3.63) is 35.4 Å². The van der Waals surface area contributed by atoms with Gasteiger partial charge in [0.1, 0.15) is 11.6 Å². The van der Waals surface area contributed by atoms with Crippen LogP contribution in [0.25, 0.3) is 0 Å². The summed E-state index contributed by atoms with van der Waals surface area (Å²) in [6.45, 7) is 4.44. The zero-order valence-electron chi connectivity index (χ0n) is 10.8. The van der Waals surface area contributed by atoms with E-state index in [0.29, 0.717) is 25.3 Å². The molecule has 0 saturated heterocycles. The quantitative estimate of drug-likeness (QED) is 0.760. The molecule has 0 radical (unpaired) electrons. The van der Waals surface area contributed by atoms with Gasteiger partial charge < -0.3 is 15.4 Å². The summed E-state index contributed by atoms with van der Waals surface area (Å²) in [7, 11) is 1.89. The van der Waals surface area contributed by atoms with E-state index in [0.717, 1.165) is 12.6 Å². The Balaban J connectivity index is 2.51. The van der Waals surface area contributed by atoms with Gasteiger partial charge in [-0.2, -0.15) is 0 Å². The van der Waals surface area contributed by atoms with Crippen molar-refractivity contribution in [2.24, 2.45) is 5.73 Å². The van der Waals surface area contributed by atoms with Gasteiger partial charge in [0.15, 0.2) is 0 Å². The lowest BCUT2D eigenvalue weighted by Gasteiger charge is -2.21. The lowest BCUT2D eigenvalue weighted by atomic mass is 10.1. The molecule has 1 unspecified atom stereocenters. The van der Waals surface area contributed by atoms with Gasteiger partial charge in [0.05, 0.1) is 6.61 Å². The Labute approximate surface area is 107 Å². The van der Waals surface area contributed by atoms with Gasteiger partial charge in [0, 0.05) is 37.4 Å². The normalized spacial score (nSPS) is 13.0. The molecule has 0 fully saturated rings. The van der Waals surface area contributed by atoms with Crippen molar-refractivity contribution < 1.29 is 13.5 Å². The largest absolute Gasteiger partial charge is 0.380 e. The fourth-order valence-corrected chi connectivity index (χ4v) is 1.69. The van der Waals surface area contributed by atoms with E-state index in [2.05, 4.69) is 0 Å². The Hall–Kier alpha value is -1.04. The number of hydrogen-bond acceptors (Lipinski definition) is 3. The molecule has 1 aromatic rings. The number of benzene rings is 1. The topological polar surface area (TPSA) is 38.5 Å². The van der Waals surface area contributed by atoms with Crippen molar-refractivity contribution >= 4 is 0 Å². The number of halogens is 2. The van der Waals surface area contributed by atoms with E-state index in [1.165, 1.54) is 12.1 Å². The Bertz CT molecular complexity index is 374. The fourth-order valence-electron chi connectivity index (χ4n) is 1.69. The molecule has 0 bridgehead atoms. The highest BCUT2D eigenvalue weighted by atomic mass is 19.1. The molecule has 5 heteroatoms. The predicted octanol–water partition coefficient (Wildman–Crippen LogP) is 1.93. The van der Waals surface area contributed by atoms with Crippen molar-refractivity contribution in [3.63, 3.8) is 0 Å². The van der Waals surface area contributed by atoms with Crippen LogP contribution in [0.1, 0.15) is 18.5 Å². The molecule has 18 heavy (non-hydrogen) atoms. The van der Waals surface area contributed by atoms with E-state index in [4.69, 9.17) is 10.5 Å². The minimum Gasteiger partial charge on any atom is -0.380 e. The average molecular weight is 258 g/mol. The second-order valence-corrected chi connectivity index (χ2v) is 4.23. The molecule has 0 saturated carbocycles. The first-order valence-electron chi connectivity index (χ1n) is 6.01. The lowest BCUT2D eigenvalue weighted by Crippen LogP contribution is -2.32. The van der Waals surface area contributed by atoms with Gasteiger partial charge in [0.2, 0.25) is 0 Å². The summed E-state index contributed by atoms with van der Waals surface area (Å²) in [5.74, 6) is -1.19. The first kappa shape index (κ1) is 15.0. The summed E-state index contributed by atoms with van der Waals surface area (Å²) >= 11 is 0. The third kappa shape index (κ3) is 4.68. The number of nitrogens with zero attached hydrogens (tertiary/aromatic N) is 1. The molecule has 102 valence electrons. The molecule has 0 aliphatic heterocycles. The molecular formula is C13H20F2N2O. The Morgan fingerprint density at radius 2 is 2.11 bits per heavy atom. The van der Waals surface area contributed by atoms with Crippen molar-refractivity contribution in [2.45, 2.75) is 13.0 Å². The predicted molar refractivity (Wildman–Crippen MR) is 67.3 cm³/mol. The fraction of sp³-hybridized carbons (Fsp3) is 0.538. The monoisotopic (exact) mass is 258 g/mol. The second-order valence-electron chi connectivity index (χ2n) is 4.23. The number of rotatable bonds is 7. The summed E-state index contributed by atoms with van der Waals surface area (Å²) < 4.78 is 31.5. The minimum absolute atomic E-state index is 0.333. The molecule has 0 aromatic heterocycles. The molecule has 0 spiro atoms. The second kappa shape index (κ2) is 7.41. The molecule has 0 amide bonds. The van der Waals surface area contributed by atoms with Crippen LogP contribution in [-0.2, 0) is 4.74 Å². The van der Waals surface area contributed by atoms with E-state index in [-0.39, 0.29) is 0 Å². The van der Waals surface area contributed by atoms with Crippen LogP contribution >= 0.6 is 0 Å². The Morgan fingerprint density at radius 3 is 2.72 bits per heavy atom. The van der Waals surface area contributed by atoms with Crippen LogP contribution < -0.4 is 5.73 Å². The maximum absolute atomic E-state index is 13.5. The smallest absolute Gasteiger partial charge is 0.130 e. The van der Waals surface area contributed by atoms with Crippen molar-refractivity contribution in [1.29, 1.82) is 0 Å². The summed E-state index contributed by atoms with van der Waals surface area (Å²) in [5, 5.41) is 0. The highest BCUT2D eigenvalue weighted by Gasteiger charge is 2.14. The highest BCUT2D eigenvalue weighted by Crippen LogP contribution is 2.16. The first-order chi connectivity index (χ1) is 8.54. The zero-order chi connectivity index (χ0) is 13.5. The van der Waals surface area contributed by atoms with Gasteiger partial charge in [-0.3, -0.25) is 0 Å². The van der Waals surface area contributed by atoms with Crippen molar-refractivity contribution in [3.8, 4) is 0 Å². The molecule has 0 heterocycles. The third-order valence-electron chi connectivity index (χ3n) is 2.69. The Kier molecular flexibility index (Phi) is 6.18. The van der Waals surface area contributed by atoms with Crippen LogP contribution in [-0.4, -0.2) is 38.3 Å². The molecule has 2 N–H and O–H groups in total. The van der Waals surface area contributed by atoms with Gasteiger partial charge in [-0.1, -0.05) is 6.07 Å². The van der Waals surface area contributed by atoms with Crippen LogP contribution in [0.4, 0.5) is 8.78 Å². The lowest BCUT2D eigenvalue weighted by molar-refractivity contribution is 0.120. The number of likely N-dealkylation sites (N-methyl/N-ethyl adjacent to an activating group) is 1. The molecule has 1 rings (SSSR count). The van der Waals surface area contributed by atoms with E-state index < -0.39 is 17.7 Å². The van der Waals surface area contributed by atoms with Gasteiger partial charge in [-0.15, -0.1) is 0 Å². The van der Waals surface area contributed by atoms with Crippen LogP contribution in [0.3, 0.4) is 0 Å². The third-order valence-corrected chi connectivity index (χ3v) is 2.69. The van der Waals surface area contributed by atoms with E-state index in [1.807, 2.05) is 18.9 Å². The Morgan fingerprint density at radius 1 is 1.39 bits per heavy atom. The average Bonchev–Trinajstić information content (AvgIpc) is 2.28. The molecule has 3 nitrogen and oxygen atoms in total. The summed E-state index contributed by atoms with van der Waals surface area (Å²) in [5.41, 5.74) is 6.24. The molecular weight excluding hydrogens is 238 g/mol. The highest BCUT2D eigenvalue weighted by molar-refractivity contribution is 5.22.